The lowest BCUT2D eigenvalue weighted by Crippen LogP contribution is -2.37. The number of fused-ring (bicyclic) bond motifs is 1. The Hall–Kier alpha value is -4.73. The van der Waals surface area contributed by atoms with Crippen LogP contribution in [0, 0.1) is 11.7 Å². The lowest BCUT2D eigenvalue weighted by atomic mass is 9.90. The van der Waals surface area contributed by atoms with E-state index in [1.807, 2.05) is 30.3 Å². The molecule has 4 aromatic rings. The van der Waals surface area contributed by atoms with Gasteiger partial charge in [-0.1, -0.05) is 35.9 Å². The van der Waals surface area contributed by atoms with E-state index >= 15 is 0 Å². The highest BCUT2D eigenvalue weighted by atomic mass is 35.5. The van der Waals surface area contributed by atoms with Crippen molar-refractivity contribution in [2.75, 3.05) is 17.1 Å². The van der Waals surface area contributed by atoms with Gasteiger partial charge in [-0.2, -0.15) is 0 Å². The average Bonchev–Trinajstić information content (AvgIpc) is 3.50. The zero-order valence-corrected chi connectivity index (χ0v) is 22.3. The number of para-hydroxylation sites is 1. The molecule has 3 atom stereocenters. The van der Waals surface area contributed by atoms with Gasteiger partial charge in [0.25, 0.3) is 5.91 Å². The fourth-order valence-corrected chi connectivity index (χ4v) is 5.22. The molecular weight excluding hydrogens is 551 g/mol. The molecular formula is C31H22ClFN2O6. The summed E-state index contributed by atoms with van der Waals surface area (Å²) in [5.41, 5.74) is 1.81. The Bertz CT molecular complexity index is 1630. The van der Waals surface area contributed by atoms with E-state index in [1.54, 1.807) is 47.5 Å². The molecule has 0 saturated carbocycles. The van der Waals surface area contributed by atoms with Gasteiger partial charge < -0.3 is 9.47 Å². The van der Waals surface area contributed by atoms with Gasteiger partial charge in [-0.3, -0.25) is 14.4 Å². The quantitative estimate of drug-likeness (QED) is 0.165. The van der Waals surface area contributed by atoms with Crippen molar-refractivity contribution in [3.05, 3.63) is 119 Å². The number of carbonyl (C=O) groups is 3. The second kappa shape index (κ2) is 10.7. The first-order chi connectivity index (χ1) is 19.9. The molecule has 0 spiro atoms. The van der Waals surface area contributed by atoms with Crippen molar-refractivity contribution in [2.24, 2.45) is 5.92 Å². The van der Waals surface area contributed by atoms with E-state index in [0.29, 0.717) is 22.0 Å². The number of benzene rings is 4. The molecule has 0 aliphatic carbocycles. The third kappa shape index (κ3) is 4.79. The predicted octanol–water partition coefficient (Wildman–Crippen LogP) is 5.76. The predicted molar refractivity (Wildman–Crippen MR) is 148 cm³/mol. The molecule has 0 radical (unpaired) electrons. The monoisotopic (exact) mass is 572 g/mol. The fraction of sp³-hybridized carbons (Fsp3) is 0.129. The van der Waals surface area contributed by atoms with Crippen LogP contribution in [0.5, 0.6) is 11.5 Å². The van der Waals surface area contributed by atoms with Crippen LogP contribution in [-0.4, -0.2) is 31.0 Å². The van der Waals surface area contributed by atoms with E-state index in [0.717, 1.165) is 4.90 Å². The van der Waals surface area contributed by atoms with Crippen molar-refractivity contribution in [2.45, 2.75) is 12.1 Å². The van der Waals surface area contributed by atoms with Crippen LogP contribution in [0.3, 0.4) is 0 Å². The van der Waals surface area contributed by atoms with Gasteiger partial charge in [0.2, 0.25) is 5.91 Å². The minimum absolute atomic E-state index is 0.129. The minimum atomic E-state index is -1.06. The zero-order chi connectivity index (χ0) is 28.7. The maximum Gasteiger partial charge on any atom is 0.343 e. The molecule has 2 saturated heterocycles. The lowest BCUT2D eigenvalue weighted by molar-refractivity contribution is -0.126. The van der Waals surface area contributed by atoms with Crippen LogP contribution in [0.25, 0.3) is 0 Å². The van der Waals surface area contributed by atoms with E-state index in [-0.39, 0.29) is 17.1 Å². The molecule has 0 unspecified atom stereocenters. The Morgan fingerprint density at radius 1 is 0.854 bits per heavy atom. The van der Waals surface area contributed by atoms with Gasteiger partial charge >= 0.3 is 5.97 Å². The number of hydrogen-bond acceptors (Lipinski definition) is 7. The largest absolute Gasteiger partial charge is 0.493 e. The number of amides is 2. The first-order valence-electron chi connectivity index (χ1n) is 12.7. The molecule has 2 fully saturated rings. The Morgan fingerprint density at radius 3 is 2.24 bits per heavy atom. The van der Waals surface area contributed by atoms with Crippen molar-refractivity contribution < 1.29 is 33.1 Å². The standard InChI is InChI=1S/C31H22ClFN2O6/c1-39-25-17-19(9-16-24(25)40-31(38)18-7-12-21(33)13-8-18)27-26-28(41-35(27)23-5-3-2-4-6-23)30(37)34(29(26)36)22-14-10-20(32)11-15-22/h2-17,26-28H,1H3/t26-,27+,28+/m1/s1. The summed E-state index contributed by atoms with van der Waals surface area (Å²) in [6.45, 7) is 0. The van der Waals surface area contributed by atoms with Gasteiger partial charge in [0.15, 0.2) is 17.6 Å². The first-order valence-corrected chi connectivity index (χ1v) is 13.0. The molecule has 2 aliphatic heterocycles. The smallest absolute Gasteiger partial charge is 0.343 e. The summed E-state index contributed by atoms with van der Waals surface area (Å²) in [4.78, 5) is 47.3. The number of halogens is 2. The van der Waals surface area contributed by atoms with Crippen molar-refractivity contribution in [3.63, 3.8) is 0 Å². The van der Waals surface area contributed by atoms with Crippen molar-refractivity contribution in [1.29, 1.82) is 0 Å². The molecule has 6 rings (SSSR count). The number of anilines is 2. The second-order valence-corrected chi connectivity index (χ2v) is 9.89. The van der Waals surface area contributed by atoms with Crippen LogP contribution >= 0.6 is 11.6 Å². The fourth-order valence-electron chi connectivity index (χ4n) is 5.09. The Morgan fingerprint density at radius 2 is 1.56 bits per heavy atom. The van der Waals surface area contributed by atoms with Gasteiger partial charge in [-0.15, -0.1) is 0 Å². The van der Waals surface area contributed by atoms with Crippen molar-refractivity contribution in [1.82, 2.24) is 0 Å². The Balaban J connectivity index is 1.36. The molecule has 0 bridgehead atoms. The third-order valence-electron chi connectivity index (χ3n) is 7.02. The van der Waals surface area contributed by atoms with Crippen molar-refractivity contribution in [3.8, 4) is 11.5 Å². The van der Waals surface area contributed by atoms with E-state index in [1.165, 1.54) is 31.4 Å². The van der Waals surface area contributed by atoms with Gasteiger partial charge in [0.1, 0.15) is 11.7 Å². The van der Waals surface area contributed by atoms with Gasteiger partial charge in [0.05, 0.1) is 30.1 Å². The number of esters is 1. The molecule has 0 aromatic heterocycles. The summed E-state index contributed by atoms with van der Waals surface area (Å²) >= 11 is 6.01. The summed E-state index contributed by atoms with van der Waals surface area (Å²) in [5.74, 6) is -2.60. The van der Waals surface area contributed by atoms with Crippen molar-refractivity contribution >= 4 is 40.8 Å². The molecule has 41 heavy (non-hydrogen) atoms. The highest BCUT2D eigenvalue weighted by Gasteiger charge is 2.60. The summed E-state index contributed by atoms with van der Waals surface area (Å²) in [5, 5.41) is 2.04. The molecule has 2 aliphatic rings. The highest BCUT2D eigenvalue weighted by Crippen LogP contribution is 2.48. The van der Waals surface area contributed by atoms with Crippen LogP contribution in [0.4, 0.5) is 15.8 Å². The molecule has 2 heterocycles. The number of ether oxygens (including phenoxy) is 2. The van der Waals surface area contributed by atoms with Crippen LogP contribution in [-0.2, 0) is 14.4 Å². The Labute approximate surface area is 239 Å². The molecule has 206 valence electrons. The number of methoxy groups -OCH3 is 1. The summed E-state index contributed by atoms with van der Waals surface area (Å²) in [6.07, 6.45) is -1.06. The SMILES string of the molecule is COc1cc([C@H]2[C@H]3C(=O)N(c4ccc(Cl)cc4)C(=O)[C@H]3ON2c2ccccc2)ccc1OC(=O)c1ccc(F)cc1. The van der Waals surface area contributed by atoms with E-state index < -0.39 is 41.7 Å². The van der Waals surface area contributed by atoms with Crippen LogP contribution in [0.2, 0.25) is 5.02 Å². The number of imide groups is 1. The van der Waals surface area contributed by atoms with E-state index in [9.17, 15) is 18.8 Å². The third-order valence-corrected chi connectivity index (χ3v) is 7.27. The molecule has 10 heteroatoms. The van der Waals surface area contributed by atoms with E-state index in [2.05, 4.69) is 0 Å². The molecule has 8 nitrogen and oxygen atoms in total. The normalized spacial score (nSPS) is 19.8. The van der Waals surface area contributed by atoms with Gasteiger partial charge in [-0.05, 0) is 78.4 Å². The van der Waals surface area contributed by atoms with E-state index in [4.69, 9.17) is 25.9 Å². The minimum Gasteiger partial charge on any atom is -0.493 e. The summed E-state index contributed by atoms with van der Waals surface area (Å²) in [6, 6.07) is 24.7. The van der Waals surface area contributed by atoms with Crippen LogP contribution < -0.4 is 19.4 Å². The summed E-state index contributed by atoms with van der Waals surface area (Å²) < 4.78 is 24.3. The second-order valence-electron chi connectivity index (χ2n) is 9.45. The number of hydroxylamine groups is 1. The molecule has 0 N–H and O–H groups in total. The highest BCUT2D eigenvalue weighted by molar-refractivity contribution is 6.31. The lowest BCUT2D eigenvalue weighted by Gasteiger charge is -2.29. The van der Waals surface area contributed by atoms with Crippen LogP contribution in [0.1, 0.15) is 22.0 Å². The maximum atomic E-state index is 13.8. The molecule has 4 aromatic carbocycles. The van der Waals surface area contributed by atoms with Crippen LogP contribution in [0.15, 0.2) is 97.1 Å². The summed E-state index contributed by atoms with van der Waals surface area (Å²) in [7, 11) is 1.42. The van der Waals surface area contributed by atoms with Gasteiger partial charge in [-0.25, -0.2) is 19.1 Å². The molecule has 2 amide bonds. The topological polar surface area (TPSA) is 85.4 Å². The Kier molecular flexibility index (Phi) is 6.90. The number of hydrogen-bond donors (Lipinski definition) is 0. The number of rotatable bonds is 6. The number of nitrogens with zero attached hydrogens (tertiary/aromatic N) is 2. The zero-order valence-electron chi connectivity index (χ0n) is 21.6. The average molecular weight is 573 g/mol. The number of carbonyl (C=O) groups excluding carboxylic acids is 3. The maximum absolute atomic E-state index is 13.8. The van der Waals surface area contributed by atoms with Gasteiger partial charge in [0, 0.05) is 5.02 Å². The first kappa shape index (κ1) is 26.5.